The zero-order valence-corrected chi connectivity index (χ0v) is 16.9. The topological polar surface area (TPSA) is 97.0 Å². The summed E-state index contributed by atoms with van der Waals surface area (Å²) in [7, 11) is 0. The van der Waals surface area contributed by atoms with E-state index in [0.717, 1.165) is 16.8 Å². The van der Waals surface area contributed by atoms with Crippen LogP contribution in [0.4, 0.5) is 22.0 Å². The van der Waals surface area contributed by atoms with Crippen LogP contribution in [0, 0.1) is 5.82 Å². The van der Waals surface area contributed by atoms with Gasteiger partial charge in [0, 0.05) is 30.3 Å². The lowest BCUT2D eigenvalue weighted by Gasteiger charge is -2.23. The Labute approximate surface area is 174 Å². The zero-order chi connectivity index (χ0) is 21.3. The number of nitrogens with one attached hydrogen (secondary N) is 1. The number of primary amides is 1. The number of anilines is 3. The first kappa shape index (κ1) is 19.8. The fourth-order valence-corrected chi connectivity index (χ4v) is 3.76. The molecular formula is C22H23FN6O. The Kier molecular flexibility index (Phi) is 5.31. The number of nitrogens with zero attached hydrogens (tertiary/aromatic N) is 4. The molecule has 8 heteroatoms. The Morgan fingerprint density at radius 3 is 2.77 bits per heavy atom. The van der Waals surface area contributed by atoms with Gasteiger partial charge in [-0.25, -0.2) is 4.39 Å². The second-order valence-corrected chi connectivity index (χ2v) is 7.30. The molecule has 7 nitrogen and oxygen atoms in total. The molecule has 30 heavy (non-hydrogen) atoms. The number of carbonyl (C=O) groups is 1. The van der Waals surface area contributed by atoms with E-state index in [0.29, 0.717) is 42.7 Å². The van der Waals surface area contributed by atoms with Gasteiger partial charge < -0.3 is 16.0 Å². The molecule has 1 aliphatic heterocycles. The van der Waals surface area contributed by atoms with Gasteiger partial charge in [-0.1, -0.05) is 25.1 Å². The Balaban J connectivity index is 1.67. The lowest BCUT2D eigenvalue weighted by atomic mass is 10.0. The van der Waals surface area contributed by atoms with Crippen LogP contribution in [0.25, 0.3) is 0 Å². The number of halogens is 1. The molecule has 0 saturated carbocycles. The van der Waals surface area contributed by atoms with Crippen molar-refractivity contribution < 1.29 is 9.18 Å². The van der Waals surface area contributed by atoms with Gasteiger partial charge in [0.25, 0.3) is 0 Å². The maximum absolute atomic E-state index is 13.4. The summed E-state index contributed by atoms with van der Waals surface area (Å²) in [6, 6.07) is 11.9. The van der Waals surface area contributed by atoms with E-state index in [9.17, 15) is 9.18 Å². The zero-order valence-electron chi connectivity index (χ0n) is 16.9. The molecule has 1 aliphatic rings. The molecule has 0 aliphatic carbocycles. The maximum atomic E-state index is 13.4. The third-order valence-corrected chi connectivity index (χ3v) is 5.16. The lowest BCUT2D eigenvalue weighted by Crippen LogP contribution is -2.27. The van der Waals surface area contributed by atoms with Crippen LogP contribution in [0.3, 0.4) is 0 Å². The van der Waals surface area contributed by atoms with E-state index in [-0.39, 0.29) is 11.9 Å². The van der Waals surface area contributed by atoms with Crippen LogP contribution in [0.2, 0.25) is 0 Å². The highest BCUT2D eigenvalue weighted by molar-refractivity contribution is 5.97. The number of rotatable bonds is 6. The Hall–Kier alpha value is -3.55. The fourth-order valence-electron chi connectivity index (χ4n) is 3.76. The number of hydrogen-bond acceptors (Lipinski definition) is 6. The molecule has 0 saturated heterocycles. The van der Waals surface area contributed by atoms with Crippen molar-refractivity contribution in [3.8, 4) is 0 Å². The highest BCUT2D eigenvalue weighted by Crippen LogP contribution is 2.38. The SMILES string of the molecule is CCc1nc(NCc2cccc(F)c2)nc(N2c3cccc(C(N)=O)c3CC2C)n1. The highest BCUT2D eigenvalue weighted by Gasteiger charge is 2.32. The van der Waals surface area contributed by atoms with Crippen LogP contribution in [0.5, 0.6) is 0 Å². The third kappa shape index (κ3) is 3.80. The van der Waals surface area contributed by atoms with E-state index in [4.69, 9.17) is 5.73 Å². The summed E-state index contributed by atoms with van der Waals surface area (Å²) >= 11 is 0. The second-order valence-electron chi connectivity index (χ2n) is 7.30. The number of nitrogens with two attached hydrogens (primary N) is 1. The van der Waals surface area contributed by atoms with Gasteiger partial charge in [-0.15, -0.1) is 0 Å². The number of hydrogen-bond donors (Lipinski definition) is 2. The number of aryl methyl sites for hydroxylation is 1. The van der Waals surface area contributed by atoms with E-state index < -0.39 is 5.91 Å². The van der Waals surface area contributed by atoms with Gasteiger partial charge in [0.15, 0.2) is 0 Å². The number of benzene rings is 2. The monoisotopic (exact) mass is 406 g/mol. The molecule has 2 aromatic carbocycles. The van der Waals surface area contributed by atoms with Crippen molar-refractivity contribution in [2.75, 3.05) is 10.2 Å². The molecule has 0 spiro atoms. The molecule has 0 bridgehead atoms. The predicted molar refractivity (Wildman–Crippen MR) is 113 cm³/mol. The molecule has 1 aromatic heterocycles. The van der Waals surface area contributed by atoms with Crippen molar-refractivity contribution >= 4 is 23.5 Å². The number of amides is 1. The van der Waals surface area contributed by atoms with Gasteiger partial charge in [-0.2, -0.15) is 15.0 Å². The Morgan fingerprint density at radius 2 is 2.03 bits per heavy atom. The van der Waals surface area contributed by atoms with E-state index in [1.807, 2.05) is 30.0 Å². The van der Waals surface area contributed by atoms with Crippen LogP contribution >= 0.6 is 0 Å². The summed E-state index contributed by atoms with van der Waals surface area (Å²) < 4.78 is 13.4. The van der Waals surface area contributed by atoms with Gasteiger partial charge in [0.2, 0.25) is 17.8 Å². The van der Waals surface area contributed by atoms with E-state index >= 15 is 0 Å². The van der Waals surface area contributed by atoms with Crippen LogP contribution < -0.4 is 16.0 Å². The second kappa shape index (κ2) is 8.06. The first-order valence-electron chi connectivity index (χ1n) is 9.90. The molecule has 154 valence electrons. The Bertz CT molecular complexity index is 1100. The predicted octanol–water partition coefficient (Wildman–Crippen LogP) is 3.37. The minimum atomic E-state index is -0.441. The number of aromatic nitrogens is 3. The molecule has 1 amide bonds. The van der Waals surface area contributed by atoms with E-state index in [2.05, 4.69) is 27.2 Å². The van der Waals surface area contributed by atoms with Crippen LogP contribution in [-0.4, -0.2) is 26.9 Å². The quantitative estimate of drug-likeness (QED) is 0.651. The standard InChI is InChI=1S/C22H23FN6O/c1-3-19-26-21(25-12-14-6-4-7-15(23)11-14)28-22(27-19)29-13(2)10-17-16(20(24)30)8-5-9-18(17)29/h4-9,11,13H,3,10,12H2,1-2H3,(H2,24,30)(H,25,26,27,28). The van der Waals surface area contributed by atoms with E-state index in [1.165, 1.54) is 12.1 Å². The Morgan fingerprint density at radius 1 is 1.23 bits per heavy atom. The minimum absolute atomic E-state index is 0.0590. The van der Waals surface area contributed by atoms with Gasteiger partial charge in [0.1, 0.15) is 11.6 Å². The third-order valence-electron chi connectivity index (χ3n) is 5.16. The normalized spacial score (nSPS) is 15.2. The molecule has 3 aromatic rings. The molecule has 3 N–H and O–H groups in total. The maximum Gasteiger partial charge on any atom is 0.249 e. The molecule has 2 heterocycles. The van der Waals surface area contributed by atoms with Crippen molar-refractivity contribution in [2.24, 2.45) is 5.73 Å². The van der Waals surface area contributed by atoms with Crippen molar-refractivity contribution in [3.05, 3.63) is 70.8 Å². The van der Waals surface area contributed by atoms with Crippen molar-refractivity contribution in [1.29, 1.82) is 0 Å². The van der Waals surface area contributed by atoms with Crippen molar-refractivity contribution in [2.45, 2.75) is 39.3 Å². The lowest BCUT2D eigenvalue weighted by molar-refractivity contribution is 0.0999. The summed E-state index contributed by atoms with van der Waals surface area (Å²) in [6.07, 6.45) is 1.31. The molecular weight excluding hydrogens is 383 g/mol. The molecule has 1 atom stereocenters. The largest absolute Gasteiger partial charge is 0.366 e. The van der Waals surface area contributed by atoms with Crippen LogP contribution in [0.1, 0.15) is 41.2 Å². The summed E-state index contributed by atoms with van der Waals surface area (Å²) in [5, 5.41) is 3.17. The number of carbonyl (C=O) groups excluding carboxylic acids is 1. The number of fused-ring (bicyclic) bond motifs is 1. The van der Waals surface area contributed by atoms with Crippen LogP contribution in [-0.2, 0) is 19.4 Å². The van der Waals surface area contributed by atoms with Crippen molar-refractivity contribution in [1.82, 2.24) is 15.0 Å². The summed E-state index contributed by atoms with van der Waals surface area (Å²) in [4.78, 5) is 27.5. The summed E-state index contributed by atoms with van der Waals surface area (Å²) in [5.41, 5.74) is 8.66. The fraction of sp³-hybridized carbons (Fsp3) is 0.273. The van der Waals surface area contributed by atoms with Crippen LogP contribution in [0.15, 0.2) is 42.5 Å². The van der Waals surface area contributed by atoms with Gasteiger partial charge >= 0.3 is 0 Å². The smallest absolute Gasteiger partial charge is 0.249 e. The van der Waals surface area contributed by atoms with Gasteiger partial charge in [-0.05, 0) is 48.7 Å². The molecule has 1 unspecified atom stereocenters. The first-order chi connectivity index (χ1) is 14.5. The van der Waals surface area contributed by atoms with Gasteiger partial charge in [0.05, 0.1) is 0 Å². The average Bonchev–Trinajstić information content (AvgIpc) is 3.07. The summed E-state index contributed by atoms with van der Waals surface area (Å²) in [6.45, 7) is 4.42. The van der Waals surface area contributed by atoms with E-state index in [1.54, 1.807) is 12.1 Å². The van der Waals surface area contributed by atoms with Gasteiger partial charge in [-0.3, -0.25) is 4.79 Å². The molecule has 0 fully saturated rings. The molecule has 4 rings (SSSR count). The average molecular weight is 406 g/mol. The first-order valence-corrected chi connectivity index (χ1v) is 9.90. The summed E-state index contributed by atoms with van der Waals surface area (Å²) in [5.74, 6) is 0.855. The molecule has 0 radical (unpaired) electrons. The van der Waals surface area contributed by atoms with Crippen molar-refractivity contribution in [3.63, 3.8) is 0 Å². The highest BCUT2D eigenvalue weighted by atomic mass is 19.1. The minimum Gasteiger partial charge on any atom is -0.366 e.